The summed E-state index contributed by atoms with van der Waals surface area (Å²) in [6, 6.07) is 13.6. The van der Waals surface area contributed by atoms with Crippen LogP contribution in [0.25, 0.3) is 10.6 Å². The van der Waals surface area contributed by atoms with E-state index in [1.165, 1.54) is 11.3 Å². The van der Waals surface area contributed by atoms with E-state index >= 15 is 0 Å². The first-order valence-corrected chi connectivity index (χ1v) is 9.99. The summed E-state index contributed by atoms with van der Waals surface area (Å²) in [6.07, 6.45) is 0. The summed E-state index contributed by atoms with van der Waals surface area (Å²) >= 11 is 1.28. The van der Waals surface area contributed by atoms with Crippen LogP contribution in [-0.2, 0) is 4.79 Å². The van der Waals surface area contributed by atoms with Crippen molar-refractivity contribution in [2.75, 3.05) is 6.61 Å². The number of aryl methyl sites for hydroxylation is 4. The maximum Gasteiger partial charge on any atom is 0.281 e. The van der Waals surface area contributed by atoms with Gasteiger partial charge >= 0.3 is 0 Å². The average Bonchev–Trinajstić information content (AvgIpc) is 3.08. The third-order valence-electron chi connectivity index (χ3n) is 4.29. The van der Waals surface area contributed by atoms with Crippen molar-refractivity contribution in [1.29, 1.82) is 0 Å². The zero-order chi connectivity index (χ0) is 21.0. The van der Waals surface area contributed by atoms with Gasteiger partial charge in [0.2, 0.25) is 0 Å². The summed E-state index contributed by atoms with van der Waals surface area (Å²) in [5.41, 5.74) is 9.45. The second-order valence-corrected chi connectivity index (χ2v) is 7.82. The highest BCUT2D eigenvalue weighted by molar-refractivity contribution is 7.17. The van der Waals surface area contributed by atoms with E-state index < -0.39 is 11.8 Å². The van der Waals surface area contributed by atoms with Gasteiger partial charge in [0, 0.05) is 5.56 Å². The van der Waals surface area contributed by atoms with Crippen LogP contribution in [0.3, 0.4) is 0 Å². The Kier molecular flexibility index (Phi) is 6.29. The first-order valence-electron chi connectivity index (χ1n) is 9.18. The largest absolute Gasteiger partial charge is 0.483 e. The highest BCUT2D eigenvalue weighted by Crippen LogP contribution is 2.27. The number of hydrazine groups is 1. The normalized spacial score (nSPS) is 10.5. The fourth-order valence-corrected chi connectivity index (χ4v) is 4.03. The van der Waals surface area contributed by atoms with E-state index in [1.54, 1.807) is 6.92 Å². The van der Waals surface area contributed by atoms with Crippen LogP contribution in [0.1, 0.15) is 32.1 Å². The Labute approximate surface area is 173 Å². The molecule has 0 radical (unpaired) electrons. The number of thiazole rings is 1. The molecular weight excluding hydrogens is 386 g/mol. The molecule has 0 aliphatic rings. The van der Waals surface area contributed by atoms with Gasteiger partial charge in [0.1, 0.15) is 15.6 Å². The van der Waals surface area contributed by atoms with Gasteiger partial charge in [-0.15, -0.1) is 11.3 Å². The monoisotopic (exact) mass is 409 g/mol. The molecule has 2 amide bonds. The highest BCUT2D eigenvalue weighted by Gasteiger charge is 2.17. The topological polar surface area (TPSA) is 80.3 Å². The number of nitrogens with zero attached hydrogens (tertiary/aromatic N) is 1. The molecule has 0 saturated carbocycles. The molecule has 150 valence electrons. The molecule has 0 aliphatic carbocycles. The lowest BCUT2D eigenvalue weighted by Crippen LogP contribution is -2.43. The fraction of sp³-hybridized carbons (Fsp3) is 0.227. The number of ether oxygens (including phenoxy) is 1. The summed E-state index contributed by atoms with van der Waals surface area (Å²) in [4.78, 5) is 29.4. The van der Waals surface area contributed by atoms with Crippen LogP contribution in [0.4, 0.5) is 0 Å². The molecule has 2 aromatic carbocycles. The smallest absolute Gasteiger partial charge is 0.281 e. The van der Waals surface area contributed by atoms with Crippen molar-refractivity contribution in [2.24, 2.45) is 0 Å². The molecule has 2 N–H and O–H groups in total. The fourth-order valence-electron chi connectivity index (χ4n) is 3.06. The Morgan fingerprint density at radius 3 is 2.31 bits per heavy atom. The number of rotatable bonds is 5. The molecule has 0 aliphatic heterocycles. The summed E-state index contributed by atoms with van der Waals surface area (Å²) in [5, 5.41) is 0.758. The molecule has 1 heterocycles. The van der Waals surface area contributed by atoms with E-state index in [4.69, 9.17) is 4.74 Å². The number of carbonyl (C=O) groups excluding carboxylic acids is 2. The van der Waals surface area contributed by atoms with Crippen molar-refractivity contribution in [3.05, 3.63) is 69.7 Å². The zero-order valence-corrected chi connectivity index (χ0v) is 17.6. The van der Waals surface area contributed by atoms with Crippen molar-refractivity contribution in [3.8, 4) is 16.3 Å². The molecule has 0 atom stereocenters. The van der Waals surface area contributed by atoms with Gasteiger partial charge in [-0.05, 0) is 38.8 Å². The van der Waals surface area contributed by atoms with Gasteiger partial charge in [0.15, 0.2) is 6.61 Å². The van der Waals surface area contributed by atoms with Crippen LogP contribution in [0.2, 0.25) is 0 Å². The van der Waals surface area contributed by atoms with Gasteiger partial charge in [-0.2, -0.15) is 0 Å². The first-order chi connectivity index (χ1) is 13.8. The van der Waals surface area contributed by atoms with E-state index in [1.807, 2.05) is 63.2 Å². The third-order valence-corrected chi connectivity index (χ3v) is 5.50. The van der Waals surface area contributed by atoms with Crippen molar-refractivity contribution in [1.82, 2.24) is 15.8 Å². The van der Waals surface area contributed by atoms with Crippen molar-refractivity contribution in [3.63, 3.8) is 0 Å². The highest BCUT2D eigenvalue weighted by atomic mass is 32.1. The molecule has 0 unspecified atom stereocenters. The van der Waals surface area contributed by atoms with Crippen LogP contribution in [0, 0.1) is 27.7 Å². The predicted molar refractivity (Wildman–Crippen MR) is 114 cm³/mol. The molecule has 0 fully saturated rings. The summed E-state index contributed by atoms with van der Waals surface area (Å²) in [7, 11) is 0. The third kappa shape index (κ3) is 5.00. The molecule has 7 heteroatoms. The molecule has 1 aromatic heterocycles. The Morgan fingerprint density at radius 1 is 1.00 bits per heavy atom. The first kappa shape index (κ1) is 20.5. The van der Waals surface area contributed by atoms with Crippen LogP contribution >= 0.6 is 11.3 Å². The molecule has 6 nitrogen and oxygen atoms in total. The molecule has 3 rings (SSSR count). The number of hydrogen-bond acceptors (Lipinski definition) is 5. The van der Waals surface area contributed by atoms with Crippen LogP contribution in [0.15, 0.2) is 42.5 Å². The molecule has 0 spiro atoms. The summed E-state index contributed by atoms with van der Waals surface area (Å²) in [6.45, 7) is 7.46. The maximum absolute atomic E-state index is 12.4. The number of amides is 2. The lowest BCUT2D eigenvalue weighted by atomic mass is 10.1. The average molecular weight is 410 g/mol. The van der Waals surface area contributed by atoms with Crippen molar-refractivity contribution >= 4 is 23.2 Å². The molecular formula is C22H23N3O3S. The second-order valence-electron chi connectivity index (χ2n) is 6.82. The number of hydrogen-bond donors (Lipinski definition) is 2. The van der Waals surface area contributed by atoms with E-state index in [0.717, 1.165) is 27.3 Å². The SMILES string of the molecule is Cc1cc(C)c(OCC(=O)NNC(=O)c2sc(-c3ccccc3)nc2C)c(C)c1. The van der Waals surface area contributed by atoms with E-state index in [2.05, 4.69) is 15.8 Å². The van der Waals surface area contributed by atoms with E-state index in [-0.39, 0.29) is 6.61 Å². The van der Waals surface area contributed by atoms with E-state index in [0.29, 0.717) is 16.3 Å². The van der Waals surface area contributed by atoms with Gasteiger partial charge in [-0.1, -0.05) is 48.0 Å². The van der Waals surface area contributed by atoms with Gasteiger partial charge in [-0.25, -0.2) is 4.98 Å². The lowest BCUT2D eigenvalue weighted by Gasteiger charge is -2.13. The Morgan fingerprint density at radius 2 is 1.66 bits per heavy atom. The molecule has 3 aromatic rings. The van der Waals surface area contributed by atoms with Crippen molar-refractivity contribution < 1.29 is 14.3 Å². The summed E-state index contributed by atoms with van der Waals surface area (Å²) < 4.78 is 5.63. The summed E-state index contributed by atoms with van der Waals surface area (Å²) in [5.74, 6) is -0.163. The quantitative estimate of drug-likeness (QED) is 0.627. The minimum atomic E-state index is -0.442. The number of nitrogens with one attached hydrogen (secondary N) is 2. The number of aromatic nitrogens is 1. The Hall–Kier alpha value is -3.19. The number of carbonyl (C=O) groups is 2. The van der Waals surface area contributed by atoms with Crippen LogP contribution < -0.4 is 15.6 Å². The Bertz CT molecular complexity index is 1020. The molecule has 0 bridgehead atoms. The Balaban J connectivity index is 1.57. The minimum absolute atomic E-state index is 0.193. The van der Waals surface area contributed by atoms with Gasteiger partial charge in [-0.3, -0.25) is 20.4 Å². The maximum atomic E-state index is 12.4. The zero-order valence-electron chi connectivity index (χ0n) is 16.8. The second kappa shape index (κ2) is 8.87. The van der Waals surface area contributed by atoms with Gasteiger partial charge in [0.25, 0.3) is 11.8 Å². The van der Waals surface area contributed by atoms with Crippen molar-refractivity contribution in [2.45, 2.75) is 27.7 Å². The lowest BCUT2D eigenvalue weighted by molar-refractivity contribution is -0.123. The van der Waals surface area contributed by atoms with Gasteiger partial charge < -0.3 is 4.74 Å². The van der Waals surface area contributed by atoms with Gasteiger partial charge in [0.05, 0.1) is 5.69 Å². The minimum Gasteiger partial charge on any atom is -0.483 e. The molecule has 29 heavy (non-hydrogen) atoms. The van der Waals surface area contributed by atoms with Crippen LogP contribution in [0.5, 0.6) is 5.75 Å². The molecule has 0 saturated heterocycles. The van der Waals surface area contributed by atoms with E-state index in [9.17, 15) is 9.59 Å². The standard InChI is InChI=1S/C22H23N3O3S/c1-13-10-14(2)19(15(3)11-13)28-12-18(26)24-25-21(27)20-16(4)23-22(29-20)17-8-6-5-7-9-17/h5-11H,12H2,1-4H3,(H,24,26)(H,25,27). The predicted octanol–water partition coefficient (Wildman–Crippen LogP) is 3.88. The number of benzene rings is 2. The van der Waals surface area contributed by atoms with Crippen LogP contribution in [-0.4, -0.2) is 23.4 Å².